The molecule has 78 valence electrons. The Bertz CT molecular complexity index is 244. The lowest BCUT2D eigenvalue weighted by molar-refractivity contribution is -0.143. The summed E-state index contributed by atoms with van der Waals surface area (Å²) in [4.78, 5) is 20.8. The molecule has 5 nitrogen and oxygen atoms in total. The minimum Gasteiger partial charge on any atom is -0.481 e. The SMILES string of the molecule is N#CCCC(CCCC(=O)O)C(=O)O. The van der Waals surface area contributed by atoms with Crippen molar-refractivity contribution in [3.63, 3.8) is 0 Å². The number of hydrogen-bond donors (Lipinski definition) is 2. The van der Waals surface area contributed by atoms with Crippen LogP contribution in [0.5, 0.6) is 0 Å². The predicted octanol–water partition coefficient (Wildman–Crippen LogP) is 1.25. The van der Waals surface area contributed by atoms with E-state index in [0.29, 0.717) is 19.3 Å². The van der Waals surface area contributed by atoms with Gasteiger partial charge >= 0.3 is 11.9 Å². The van der Waals surface area contributed by atoms with E-state index >= 15 is 0 Å². The van der Waals surface area contributed by atoms with Crippen molar-refractivity contribution in [2.75, 3.05) is 0 Å². The lowest BCUT2D eigenvalue weighted by Crippen LogP contribution is -2.13. The summed E-state index contributed by atoms with van der Waals surface area (Å²) in [6.07, 6.45) is 1.15. The molecule has 0 amide bonds. The average molecular weight is 199 g/mol. The Hall–Kier alpha value is -1.57. The molecule has 0 bridgehead atoms. The van der Waals surface area contributed by atoms with Crippen LogP contribution in [0.3, 0.4) is 0 Å². The van der Waals surface area contributed by atoms with Crippen LogP contribution in [-0.2, 0) is 9.59 Å². The zero-order valence-corrected chi connectivity index (χ0v) is 7.77. The van der Waals surface area contributed by atoms with E-state index in [1.165, 1.54) is 0 Å². The second kappa shape index (κ2) is 6.89. The second-order valence-electron chi connectivity index (χ2n) is 3.02. The Morgan fingerprint density at radius 1 is 1.29 bits per heavy atom. The van der Waals surface area contributed by atoms with Gasteiger partial charge in [0.05, 0.1) is 12.0 Å². The first-order chi connectivity index (χ1) is 6.57. The van der Waals surface area contributed by atoms with Crippen molar-refractivity contribution < 1.29 is 19.8 Å². The summed E-state index contributed by atoms with van der Waals surface area (Å²) in [6, 6.07) is 1.87. The molecule has 0 fully saturated rings. The summed E-state index contributed by atoms with van der Waals surface area (Å²) in [5.41, 5.74) is 0. The molecule has 0 saturated carbocycles. The molecule has 0 aromatic rings. The van der Waals surface area contributed by atoms with Crippen LogP contribution in [0.4, 0.5) is 0 Å². The first-order valence-electron chi connectivity index (χ1n) is 4.39. The standard InChI is InChI=1S/C9H13NO4/c10-6-2-4-7(9(13)14)3-1-5-8(11)12/h7H,1-5H2,(H,11,12)(H,13,14). The molecule has 1 unspecified atom stereocenters. The largest absolute Gasteiger partial charge is 0.481 e. The molecule has 1 atom stereocenters. The zero-order valence-electron chi connectivity index (χ0n) is 7.77. The quantitative estimate of drug-likeness (QED) is 0.642. The highest BCUT2D eigenvalue weighted by molar-refractivity contribution is 5.70. The normalized spacial score (nSPS) is 11.6. The highest BCUT2D eigenvalue weighted by Gasteiger charge is 2.16. The first-order valence-corrected chi connectivity index (χ1v) is 4.39. The maximum atomic E-state index is 10.6. The Morgan fingerprint density at radius 3 is 2.36 bits per heavy atom. The first kappa shape index (κ1) is 12.4. The van der Waals surface area contributed by atoms with E-state index in [2.05, 4.69) is 0 Å². The number of carboxylic acid groups (broad SMARTS) is 2. The lowest BCUT2D eigenvalue weighted by atomic mass is 9.97. The van der Waals surface area contributed by atoms with E-state index in [0.717, 1.165) is 0 Å². The third-order valence-electron chi connectivity index (χ3n) is 1.90. The van der Waals surface area contributed by atoms with Crippen molar-refractivity contribution in [1.29, 1.82) is 5.26 Å². The minimum absolute atomic E-state index is 0.0175. The zero-order chi connectivity index (χ0) is 11.0. The van der Waals surface area contributed by atoms with Gasteiger partial charge in [-0.25, -0.2) is 0 Å². The molecule has 0 spiro atoms. The summed E-state index contributed by atoms with van der Waals surface area (Å²) in [5, 5.41) is 25.3. The highest BCUT2D eigenvalue weighted by atomic mass is 16.4. The molecule has 0 aliphatic rings. The Morgan fingerprint density at radius 2 is 1.93 bits per heavy atom. The van der Waals surface area contributed by atoms with Crippen molar-refractivity contribution in [2.24, 2.45) is 5.92 Å². The van der Waals surface area contributed by atoms with Crippen molar-refractivity contribution in [2.45, 2.75) is 32.1 Å². The molecule has 0 heterocycles. The molecular formula is C9H13NO4. The van der Waals surface area contributed by atoms with Crippen molar-refractivity contribution in [3.05, 3.63) is 0 Å². The van der Waals surface area contributed by atoms with Gasteiger partial charge in [-0.1, -0.05) is 0 Å². The minimum atomic E-state index is -0.953. The van der Waals surface area contributed by atoms with E-state index in [1.54, 1.807) is 0 Å². The van der Waals surface area contributed by atoms with Crippen LogP contribution in [0.25, 0.3) is 0 Å². The lowest BCUT2D eigenvalue weighted by Gasteiger charge is -2.08. The van der Waals surface area contributed by atoms with Crippen molar-refractivity contribution in [3.8, 4) is 6.07 Å². The van der Waals surface area contributed by atoms with E-state index in [4.69, 9.17) is 15.5 Å². The highest BCUT2D eigenvalue weighted by Crippen LogP contribution is 2.14. The molecule has 0 saturated heterocycles. The number of aliphatic carboxylic acids is 2. The van der Waals surface area contributed by atoms with Crippen LogP contribution >= 0.6 is 0 Å². The summed E-state index contributed by atoms with van der Waals surface area (Å²) in [5.74, 6) is -2.46. The predicted molar refractivity (Wildman–Crippen MR) is 47.5 cm³/mol. The maximum Gasteiger partial charge on any atom is 0.306 e. The molecule has 5 heteroatoms. The van der Waals surface area contributed by atoms with Crippen LogP contribution < -0.4 is 0 Å². The van der Waals surface area contributed by atoms with Crippen LogP contribution in [0.1, 0.15) is 32.1 Å². The number of nitrogens with zero attached hydrogens (tertiary/aromatic N) is 1. The van der Waals surface area contributed by atoms with Gasteiger partial charge in [0, 0.05) is 12.8 Å². The van der Waals surface area contributed by atoms with E-state index in [9.17, 15) is 9.59 Å². The van der Waals surface area contributed by atoms with Gasteiger partial charge in [-0.3, -0.25) is 9.59 Å². The van der Waals surface area contributed by atoms with Gasteiger partial charge in [0.1, 0.15) is 0 Å². The van der Waals surface area contributed by atoms with Crippen molar-refractivity contribution >= 4 is 11.9 Å². The second-order valence-corrected chi connectivity index (χ2v) is 3.02. The maximum absolute atomic E-state index is 10.6. The topological polar surface area (TPSA) is 98.4 Å². The summed E-state index contributed by atoms with van der Waals surface area (Å²) in [7, 11) is 0. The monoisotopic (exact) mass is 199 g/mol. The molecule has 14 heavy (non-hydrogen) atoms. The molecule has 0 rings (SSSR count). The molecule has 0 aliphatic heterocycles. The van der Waals surface area contributed by atoms with E-state index in [-0.39, 0.29) is 12.8 Å². The fourth-order valence-electron chi connectivity index (χ4n) is 1.13. The van der Waals surface area contributed by atoms with Gasteiger partial charge in [0.15, 0.2) is 0 Å². The number of hydrogen-bond acceptors (Lipinski definition) is 3. The smallest absolute Gasteiger partial charge is 0.306 e. The van der Waals surface area contributed by atoms with Gasteiger partial charge in [-0.05, 0) is 19.3 Å². The van der Waals surface area contributed by atoms with Crippen LogP contribution in [0, 0.1) is 17.2 Å². The number of carboxylic acids is 2. The van der Waals surface area contributed by atoms with Crippen LogP contribution in [0.2, 0.25) is 0 Å². The van der Waals surface area contributed by atoms with Gasteiger partial charge < -0.3 is 10.2 Å². The third-order valence-corrected chi connectivity index (χ3v) is 1.90. The molecule has 2 N–H and O–H groups in total. The van der Waals surface area contributed by atoms with E-state index < -0.39 is 17.9 Å². The van der Waals surface area contributed by atoms with Gasteiger partial charge in [0.25, 0.3) is 0 Å². The number of nitriles is 1. The Balaban J connectivity index is 3.80. The van der Waals surface area contributed by atoms with Gasteiger partial charge in [-0.2, -0.15) is 5.26 Å². The molecular weight excluding hydrogens is 186 g/mol. The Kier molecular flexibility index (Phi) is 6.12. The van der Waals surface area contributed by atoms with Crippen molar-refractivity contribution in [1.82, 2.24) is 0 Å². The molecule has 0 aliphatic carbocycles. The van der Waals surface area contributed by atoms with Gasteiger partial charge in [-0.15, -0.1) is 0 Å². The van der Waals surface area contributed by atoms with Crippen LogP contribution in [0.15, 0.2) is 0 Å². The van der Waals surface area contributed by atoms with Crippen LogP contribution in [-0.4, -0.2) is 22.2 Å². The molecule has 0 aromatic heterocycles. The van der Waals surface area contributed by atoms with Gasteiger partial charge in [0.2, 0.25) is 0 Å². The number of rotatable bonds is 7. The number of carbonyl (C=O) groups is 2. The Labute approximate surface area is 82.0 Å². The summed E-state index contributed by atoms with van der Waals surface area (Å²) < 4.78 is 0. The fraction of sp³-hybridized carbons (Fsp3) is 0.667. The summed E-state index contributed by atoms with van der Waals surface area (Å²) >= 11 is 0. The average Bonchev–Trinajstić information content (AvgIpc) is 2.09. The third kappa shape index (κ3) is 6.00. The molecule has 0 aromatic carbocycles. The molecule has 0 radical (unpaired) electrons. The fourth-order valence-corrected chi connectivity index (χ4v) is 1.13. The van der Waals surface area contributed by atoms with E-state index in [1.807, 2.05) is 6.07 Å². The summed E-state index contributed by atoms with van der Waals surface area (Å²) in [6.45, 7) is 0.